The number of nitrogens with zero attached hydrogens (tertiary/aromatic N) is 3. The van der Waals surface area contributed by atoms with E-state index in [9.17, 15) is 14.4 Å². The standard InChI is InChI=1S/C28H28N4O4S2/c1-4-36-21-11-7-19(8-12-21)29-24(34)16-37-28-30-26-25(22-13-14-31(18(3)33)15-23(22)38-26)27(35)32(28)20-9-5-17(2)6-10-20/h5-12H,4,13-16H2,1-3H3,(H,29,34). The maximum atomic E-state index is 13.9. The molecule has 0 aliphatic carbocycles. The molecule has 38 heavy (non-hydrogen) atoms. The van der Waals surface area contributed by atoms with Crippen molar-refractivity contribution in [3.63, 3.8) is 0 Å². The van der Waals surface area contributed by atoms with Gasteiger partial charge in [0.25, 0.3) is 5.56 Å². The zero-order chi connectivity index (χ0) is 26.8. The lowest BCUT2D eigenvalue weighted by molar-refractivity contribution is -0.129. The van der Waals surface area contributed by atoms with Crippen molar-refractivity contribution < 1.29 is 14.3 Å². The molecule has 1 aliphatic rings. The summed E-state index contributed by atoms with van der Waals surface area (Å²) >= 11 is 2.68. The molecular formula is C28H28N4O4S2. The fraction of sp³-hybridized carbons (Fsp3) is 0.286. The highest BCUT2D eigenvalue weighted by Gasteiger charge is 2.26. The van der Waals surface area contributed by atoms with Gasteiger partial charge in [-0.3, -0.25) is 19.0 Å². The molecule has 0 fully saturated rings. The van der Waals surface area contributed by atoms with E-state index in [4.69, 9.17) is 9.72 Å². The lowest BCUT2D eigenvalue weighted by Crippen LogP contribution is -2.34. The van der Waals surface area contributed by atoms with Crippen molar-refractivity contribution in [1.82, 2.24) is 14.5 Å². The van der Waals surface area contributed by atoms with Gasteiger partial charge < -0.3 is 15.0 Å². The molecule has 0 unspecified atom stereocenters. The minimum absolute atomic E-state index is 0.0212. The van der Waals surface area contributed by atoms with Crippen molar-refractivity contribution in [2.75, 3.05) is 24.2 Å². The Balaban J connectivity index is 1.47. The molecule has 0 atom stereocenters. The molecule has 0 saturated heterocycles. The quantitative estimate of drug-likeness (QED) is 0.264. The average Bonchev–Trinajstić information content (AvgIpc) is 3.27. The number of hydrogen-bond acceptors (Lipinski definition) is 7. The molecule has 10 heteroatoms. The third kappa shape index (κ3) is 5.32. The number of benzene rings is 2. The van der Waals surface area contributed by atoms with E-state index < -0.39 is 0 Å². The van der Waals surface area contributed by atoms with Gasteiger partial charge in [-0.25, -0.2) is 4.98 Å². The fourth-order valence-corrected chi connectivity index (χ4v) is 6.53. The number of fused-ring (bicyclic) bond motifs is 3. The second-order valence-corrected chi connectivity index (χ2v) is 11.1. The van der Waals surface area contributed by atoms with Gasteiger partial charge in [0.05, 0.1) is 30.0 Å². The van der Waals surface area contributed by atoms with Crippen LogP contribution in [-0.4, -0.2) is 45.2 Å². The Morgan fingerprint density at radius 1 is 1.13 bits per heavy atom. The van der Waals surface area contributed by atoms with E-state index in [1.54, 1.807) is 28.5 Å². The van der Waals surface area contributed by atoms with Crippen LogP contribution >= 0.6 is 23.1 Å². The molecule has 0 bridgehead atoms. The van der Waals surface area contributed by atoms with Crippen LogP contribution in [0.2, 0.25) is 0 Å². The van der Waals surface area contributed by atoms with Gasteiger partial charge in [0.15, 0.2) is 5.16 Å². The summed E-state index contributed by atoms with van der Waals surface area (Å²) < 4.78 is 7.05. The van der Waals surface area contributed by atoms with Gasteiger partial charge in [-0.15, -0.1) is 11.3 Å². The predicted octanol–water partition coefficient (Wildman–Crippen LogP) is 4.79. The molecule has 1 N–H and O–H groups in total. The fourth-order valence-electron chi connectivity index (χ4n) is 4.44. The van der Waals surface area contributed by atoms with Crippen LogP contribution in [-0.2, 0) is 22.6 Å². The van der Waals surface area contributed by atoms with Crippen LogP contribution in [0.5, 0.6) is 5.75 Å². The second kappa shape index (κ2) is 11.0. The highest BCUT2D eigenvalue weighted by molar-refractivity contribution is 7.99. The van der Waals surface area contributed by atoms with Gasteiger partial charge in [0.2, 0.25) is 11.8 Å². The normalized spacial score (nSPS) is 12.9. The second-order valence-electron chi connectivity index (χ2n) is 9.04. The SMILES string of the molecule is CCOc1ccc(NC(=O)CSc2nc3sc4c(c3c(=O)n2-c2ccc(C)cc2)CCN(C(C)=O)C4)cc1. The van der Waals surface area contributed by atoms with Crippen LogP contribution in [0.3, 0.4) is 0 Å². The Kier molecular flexibility index (Phi) is 7.53. The molecule has 2 amide bonds. The Hall–Kier alpha value is -3.63. The number of thioether (sulfide) groups is 1. The van der Waals surface area contributed by atoms with Gasteiger partial charge in [0, 0.05) is 24.0 Å². The highest BCUT2D eigenvalue weighted by Crippen LogP contribution is 2.34. The van der Waals surface area contributed by atoms with Crippen LogP contribution in [0, 0.1) is 6.92 Å². The van der Waals surface area contributed by atoms with E-state index in [0.717, 1.165) is 21.8 Å². The number of carbonyl (C=O) groups is 2. The first kappa shape index (κ1) is 26.0. The first-order chi connectivity index (χ1) is 18.3. The third-order valence-electron chi connectivity index (χ3n) is 6.36. The van der Waals surface area contributed by atoms with Crippen LogP contribution in [0.25, 0.3) is 15.9 Å². The lowest BCUT2D eigenvalue weighted by atomic mass is 10.1. The van der Waals surface area contributed by atoms with Gasteiger partial charge >= 0.3 is 0 Å². The maximum absolute atomic E-state index is 13.9. The largest absolute Gasteiger partial charge is 0.494 e. The summed E-state index contributed by atoms with van der Waals surface area (Å²) in [6, 6.07) is 14.9. The summed E-state index contributed by atoms with van der Waals surface area (Å²) in [4.78, 5) is 46.9. The van der Waals surface area contributed by atoms with Crippen molar-refractivity contribution in [2.45, 2.75) is 38.9 Å². The number of rotatable bonds is 7. The van der Waals surface area contributed by atoms with Crippen LogP contribution < -0.4 is 15.6 Å². The van der Waals surface area contributed by atoms with E-state index in [0.29, 0.717) is 52.9 Å². The van der Waals surface area contributed by atoms with Gasteiger partial charge in [-0.05, 0) is 62.2 Å². The van der Waals surface area contributed by atoms with Gasteiger partial charge in [0.1, 0.15) is 10.6 Å². The summed E-state index contributed by atoms with van der Waals surface area (Å²) in [6.07, 6.45) is 0.622. The van der Waals surface area contributed by atoms with E-state index in [1.165, 1.54) is 23.1 Å². The number of anilines is 1. The molecule has 0 saturated carbocycles. The molecule has 8 nitrogen and oxygen atoms in total. The van der Waals surface area contributed by atoms with Gasteiger partial charge in [-0.1, -0.05) is 29.5 Å². The zero-order valence-electron chi connectivity index (χ0n) is 21.4. The lowest BCUT2D eigenvalue weighted by Gasteiger charge is -2.25. The molecule has 0 radical (unpaired) electrons. The summed E-state index contributed by atoms with van der Waals surface area (Å²) in [5, 5.41) is 3.95. The Morgan fingerprint density at radius 2 is 1.87 bits per heavy atom. The van der Waals surface area contributed by atoms with Crippen LogP contribution in [0.1, 0.15) is 29.9 Å². The summed E-state index contributed by atoms with van der Waals surface area (Å²) in [5.41, 5.74) is 3.27. The molecule has 4 aromatic rings. The highest BCUT2D eigenvalue weighted by atomic mass is 32.2. The number of aromatic nitrogens is 2. The number of carbonyl (C=O) groups excluding carboxylic acids is 2. The van der Waals surface area contributed by atoms with Crippen LogP contribution in [0.15, 0.2) is 58.5 Å². The summed E-state index contributed by atoms with van der Waals surface area (Å²) in [6.45, 7) is 7.12. The molecule has 2 aromatic carbocycles. The number of ether oxygens (including phenoxy) is 1. The molecule has 2 aromatic heterocycles. The zero-order valence-corrected chi connectivity index (χ0v) is 23.1. The molecule has 1 aliphatic heterocycles. The number of aryl methyl sites for hydroxylation is 1. The van der Waals surface area contributed by atoms with Crippen molar-refractivity contribution >= 4 is 50.8 Å². The summed E-state index contributed by atoms with van der Waals surface area (Å²) in [7, 11) is 0. The third-order valence-corrected chi connectivity index (χ3v) is 8.41. The number of amides is 2. The average molecular weight is 549 g/mol. The van der Waals surface area contributed by atoms with E-state index in [1.807, 2.05) is 50.2 Å². The molecular weight excluding hydrogens is 520 g/mol. The first-order valence-corrected chi connectivity index (χ1v) is 14.2. The van der Waals surface area contributed by atoms with Gasteiger partial charge in [-0.2, -0.15) is 0 Å². The topological polar surface area (TPSA) is 93.5 Å². The smallest absolute Gasteiger partial charge is 0.267 e. The minimum Gasteiger partial charge on any atom is -0.494 e. The van der Waals surface area contributed by atoms with Crippen molar-refractivity contribution in [2.24, 2.45) is 0 Å². The monoisotopic (exact) mass is 548 g/mol. The van der Waals surface area contributed by atoms with Crippen molar-refractivity contribution in [3.05, 3.63) is 74.9 Å². The maximum Gasteiger partial charge on any atom is 0.267 e. The number of hydrogen-bond donors (Lipinski definition) is 1. The minimum atomic E-state index is -0.202. The van der Waals surface area contributed by atoms with E-state index in [-0.39, 0.29) is 23.1 Å². The molecule has 196 valence electrons. The Labute approximate surface area is 228 Å². The van der Waals surface area contributed by atoms with E-state index in [2.05, 4.69) is 5.32 Å². The molecule has 3 heterocycles. The van der Waals surface area contributed by atoms with E-state index >= 15 is 0 Å². The first-order valence-electron chi connectivity index (χ1n) is 12.4. The number of nitrogens with one attached hydrogen (secondary N) is 1. The van der Waals surface area contributed by atoms with Crippen molar-refractivity contribution in [3.8, 4) is 11.4 Å². The van der Waals surface area contributed by atoms with Crippen molar-refractivity contribution in [1.29, 1.82) is 0 Å². The summed E-state index contributed by atoms with van der Waals surface area (Å²) in [5.74, 6) is 0.643. The molecule has 0 spiro atoms. The number of thiophene rings is 1. The Morgan fingerprint density at radius 3 is 2.55 bits per heavy atom. The molecule has 5 rings (SSSR count). The van der Waals surface area contributed by atoms with Crippen LogP contribution in [0.4, 0.5) is 5.69 Å². The Bertz CT molecular complexity index is 1560. The predicted molar refractivity (Wildman–Crippen MR) is 152 cm³/mol.